The topological polar surface area (TPSA) is 76.2 Å². The van der Waals surface area contributed by atoms with E-state index in [0.29, 0.717) is 0 Å². The summed E-state index contributed by atoms with van der Waals surface area (Å²) in [6, 6.07) is 0. The SMILES string of the molecule is O=c1[nH]oc(=O)o1. The standard InChI is InChI=1S/C2HNO4/c4-1-3-7-2(5)6-1/h(H,3,4). The summed E-state index contributed by atoms with van der Waals surface area (Å²) in [5.41, 5.74) is 0. The summed E-state index contributed by atoms with van der Waals surface area (Å²) in [6.07, 6.45) is 0. The second-order valence-electron chi connectivity index (χ2n) is 0.844. The van der Waals surface area contributed by atoms with E-state index in [9.17, 15) is 9.59 Å². The largest absolute Gasteiger partial charge is 0.542 e. The van der Waals surface area contributed by atoms with E-state index in [-0.39, 0.29) is 0 Å². The molecule has 0 atom stereocenters. The third-order valence-electron chi connectivity index (χ3n) is 0.394. The molecule has 0 fully saturated rings. The van der Waals surface area contributed by atoms with E-state index in [0.717, 1.165) is 0 Å². The first kappa shape index (κ1) is 3.91. The molecule has 1 rings (SSSR count). The van der Waals surface area contributed by atoms with Gasteiger partial charge in [0.05, 0.1) is 0 Å². The highest BCUT2D eigenvalue weighted by atomic mass is 16.6. The van der Waals surface area contributed by atoms with Crippen LogP contribution in [0.1, 0.15) is 0 Å². The van der Waals surface area contributed by atoms with Crippen molar-refractivity contribution in [2.24, 2.45) is 0 Å². The van der Waals surface area contributed by atoms with Crippen molar-refractivity contribution < 1.29 is 8.94 Å². The first-order valence-electron chi connectivity index (χ1n) is 1.47. The Morgan fingerprint density at radius 1 is 1.43 bits per heavy atom. The molecule has 0 bridgehead atoms. The fourth-order valence-corrected chi connectivity index (χ4v) is 0.201. The minimum Gasteiger partial charge on any atom is -0.340 e. The van der Waals surface area contributed by atoms with Gasteiger partial charge in [-0.2, -0.15) is 0 Å². The summed E-state index contributed by atoms with van der Waals surface area (Å²) in [7, 11) is 0. The molecule has 0 aromatic carbocycles. The smallest absolute Gasteiger partial charge is 0.340 e. The lowest BCUT2D eigenvalue weighted by atomic mass is 11.4. The second-order valence-corrected chi connectivity index (χ2v) is 0.844. The van der Waals surface area contributed by atoms with Crippen LogP contribution in [0.25, 0.3) is 0 Å². The number of rotatable bonds is 0. The molecule has 7 heavy (non-hydrogen) atoms. The van der Waals surface area contributed by atoms with Crippen LogP contribution in [0.3, 0.4) is 0 Å². The van der Waals surface area contributed by atoms with Crippen molar-refractivity contribution in [1.82, 2.24) is 5.16 Å². The van der Waals surface area contributed by atoms with Crippen LogP contribution >= 0.6 is 0 Å². The average molecular weight is 103 g/mol. The minimum absolute atomic E-state index is 0.870. The van der Waals surface area contributed by atoms with Crippen LogP contribution in [-0.4, -0.2) is 5.16 Å². The van der Waals surface area contributed by atoms with Gasteiger partial charge in [0.2, 0.25) is 0 Å². The van der Waals surface area contributed by atoms with Crippen molar-refractivity contribution in [2.75, 3.05) is 0 Å². The summed E-state index contributed by atoms with van der Waals surface area (Å²) in [5, 5.41) is 1.66. The van der Waals surface area contributed by atoms with E-state index in [1.807, 2.05) is 0 Å². The van der Waals surface area contributed by atoms with E-state index >= 15 is 0 Å². The van der Waals surface area contributed by atoms with Gasteiger partial charge in [-0.25, -0.2) is 9.59 Å². The molecule has 0 aliphatic rings. The van der Waals surface area contributed by atoms with Crippen LogP contribution in [0.4, 0.5) is 0 Å². The number of H-pyrrole nitrogens is 1. The average Bonchev–Trinajstić information content (AvgIpc) is 1.87. The maximum absolute atomic E-state index is 9.77. The molecule has 1 aromatic heterocycles. The van der Waals surface area contributed by atoms with E-state index in [1.54, 1.807) is 5.16 Å². The van der Waals surface area contributed by atoms with Crippen LogP contribution < -0.4 is 11.6 Å². The predicted molar refractivity (Wildman–Crippen MR) is 17.9 cm³/mol. The van der Waals surface area contributed by atoms with Gasteiger partial charge in [-0.1, -0.05) is 0 Å². The first-order valence-corrected chi connectivity index (χ1v) is 1.47. The summed E-state index contributed by atoms with van der Waals surface area (Å²) < 4.78 is 7.55. The lowest BCUT2D eigenvalue weighted by Crippen LogP contribution is -1.95. The lowest BCUT2D eigenvalue weighted by Gasteiger charge is -1.47. The Labute approximate surface area is 36.5 Å². The third kappa shape index (κ3) is 0.594. The molecule has 0 saturated heterocycles. The lowest BCUT2D eigenvalue weighted by molar-refractivity contribution is 0.334. The van der Waals surface area contributed by atoms with Crippen molar-refractivity contribution in [3.05, 3.63) is 21.2 Å². The van der Waals surface area contributed by atoms with Crippen molar-refractivity contribution in [3.63, 3.8) is 0 Å². The molecule has 0 aliphatic carbocycles. The summed E-state index contributed by atoms with van der Waals surface area (Å²) >= 11 is 0. The normalized spacial score (nSPS) is 9.14. The summed E-state index contributed by atoms with van der Waals surface area (Å²) in [6.45, 7) is 0. The Morgan fingerprint density at radius 3 is 2.29 bits per heavy atom. The second kappa shape index (κ2) is 1.11. The minimum atomic E-state index is -1.01. The van der Waals surface area contributed by atoms with Crippen molar-refractivity contribution in [1.29, 1.82) is 0 Å². The van der Waals surface area contributed by atoms with Crippen molar-refractivity contribution in [2.45, 2.75) is 0 Å². The maximum Gasteiger partial charge on any atom is 0.542 e. The van der Waals surface area contributed by atoms with Gasteiger partial charge >= 0.3 is 11.6 Å². The van der Waals surface area contributed by atoms with Crippen LogP contribution in [0, 0.1) is 0 Å². The van der Waals surface area contributed by atoms with Gasteiger partial charge in [-0.05, 0) is 0 Å². The Bertz CT molecular complexity index is 214. The Hall–Kier alpha value is -1.26. The molecule has 0 saturated carbocycles. The van der Waals surface area contributed by atoms with Gasteiger partial charge in [0.15, 0.2) is 0 Å². The molecule has 38 valence electrons. The van der Waals surface area contributed by atoms with E-state index < -0.39 is 11.6 Å². The van der Waals surface area contributed by atoms with E-state index in [1.165, 1.54) is 0 Å². The molecule has 0 unspecified atom stereocenters. The monoisotopic (exact) mass is 103 g/mol. The number of hydrogen-bond donors (Lipinski definition) is 1. The summed E-state index contributed by atoms with van der Waals surface area (Å²) in [4.78, 5) is 19.5. The van der Waals surface area contributed by atoms with Gasteiger partial charge in [0.1, 0.15) is 0 Å². The third-order valence-corrected chi connectivity index (χ3v) is 0.394. The summed E-state index contributed by atoms with van der Waals surface area (Å²) in [5.74, 6) is -1.88. The van der Waals surface area contributed by atoms with Crippen LogP contribution in [-0.2, 0) is 0 Å². The Kier molecular flexibility index (Phi) is 0.619. The van der Waals surface area contributed by atoms with Gasteiger partial charge in [-0.15, -0.1) is 5.16 Å². The highest BCUT2D eigenvalue weighted by Gasteiger charge is 1.87. The molecule has 1 N–H and O–H groups in total. The highest BCUT2D eigenvalue weighted by molar-refractivity contribution is 4.34. The van der Waals surface area contributed by atoms with E-state index in [4.69, 9.17) is 0 Å². The molecule has 5 heteroatoms. The molecule has 0 spiro atoms. The molecular formula is C2HNO4. The van der Waals surface area contributed by atoms with Crippen LogP contribution in [0.2, 0.25) is 0 Å². The van der Waals surface area contributed by atoms with Crippen LogP contribution in [0.15, 0.2) is 18.5 Å². The number of hydrogen-bond acceptors (Lipinski definition) is 4. The molecular weight excluding hydrogens is 102 g/mol. The Balaban J connectivity index is 3.59. The zero-order valence-electron chi connectivity index (χ0n) is 3.13. The fourth-order valence-electron chi connectivity index (χ4n) is 0.201. The Morgan fingerprint density at radius 2 is 2.14 bits per heavy atom. The highest BCUT2D eigenvalue weighted by Crippen LogP contribution is 1.49. The number of aromatic nitrogens is 1. The number of aromatic amines is 1. The quantitative estimate of drug-likeness (QED) is 0.453. The molecule has 0 radical (unpaired) electrons. The molecule has 0 aliphatic heterocycles. The molecule has 0 amide bonds. The zero-order chi connectivity index (χ0) is 5.28. The zero-order valence-corrected chi connectivity index (χ0v) is 3.13. The van der Waals surface area contributed by atoms with Crippen LogP contribution in [0.5, 0.6) is 0 Å². The van der Waals surface area contributed by atoms with Gasteiger partial charge < -0.3 is 8.94 Å². The van der Waals surface area contributed by atoms with Gasteiger partial charge in [0.25, 0.3) is 0 Å². The first-order chi connectivity index (χ1) is 3.29. The van der Waals surface area contributed by atoms with Crippen molar-refractivity contribution in [3.8, 4) is 0 Å². The molecule has 1 heterocycles. The number of nitrogens with one attached hydrogen (secondary N) is 1. The maximum atomic E-state index is 9.77. The van der Waals surface area contributed by atoms with Gasteiger partial charge in [0, 0.05) is 0 Å². The van der Waals surface area contributed by atoms with Gasteiger partial charge in [-0.3, -0.25) is 0 Å². The molecule has 1 aromatic rings. The van der Waals surface area contributed by atoms with Crippen molar-refractivity contribution >= 4 is 0 Å². The van der Waals surface area contributed by atoms with E-state index in [2.05, 4.69) is 8.94 Å². The molecule has 5 nitrogen and oxygen atoms in total. The fraction of sp³-hybridized carbons (Fsp3) is 0. The predicted octanol–water partition coefficient (Wildman–Crippen LogP) is -1.08.